The molecule has 0 aliphatic rings. The van der Waals surface area contributed by atoms with E-state index >= 15 is 0 Å². The Morgan fingerprint density at radius 2 is 2.20 bits per heavy atom. The lowest BCUT2D eigenvalue weighted by Crippen LogP contribution is -1.94. The summed E-state index contributed by atoms with van der Waals surface area (Å²) in [5.74, 6) is 0.582. The SMILES string of the molecule is CCC(CC)c1ccon1. The second kappa shape index (κ2) is 3.40. The predicted octanol–water partition coefficient (Wildman–Crippen LogP) is 2.58. The van der Waals surface area contributed by atoms with Crippen LogP contribution in [0.4, 0.5) is 0 Å². The first-order valence-corrected chi connectivity index (χ1v) is 3.78. The van der Waals surface area contributed by atoms with Crippen LogP contribution < -0.4 is 0 Å². The quantitative estimate of drug-likeness (QED) is 0.643. The molecule has 1 heterocycles. The van der Waals surface area contributed by atoms with Gasteiger partial charge in [0.15, 0.2) is 0 Å². The van der Waals surface area contributed by atoms with Gasteiger partial charge in [-0.3, -0.25) is 0 Å². The molecule has 0 aliphatic heterocycles. The van der Waals surface area contributed by atoms with Gasteiger partial charge in [-0.25, -0.2) is 0 Å². The van der Waals surface area contributed by atoms with Crippen LogP contribution in [0, 0.1) is 0 Å². The molecule has 1 rings (SSSR count). The molecule has 0 fully saturated rings. The summed E-state index contributed by atoms with van der Waals surface area (Å²) in [4.78, 5) is 0. The Labute approximate surface area is 61.2 Å². The molecule has 56 valence electrons. The third-order valence-corrected chi connectivity index (χ3v) is 1.86. The van der Waals surface area contributed by atoms with Crippen molar-refractivity contribution in [2.75, 3.05) is 0 Å². The van der Waals surface area contributed by atoms with Crippen molar-refractivity contribution in [2.24, 2.45) is 0 Å². The molecule has 10 heavy (non-hydrogen) atoms. The Balaban J connectivity index is 2.64. The average molecular weight is 139 g/mol. The van der Waals surface area contributed by atoms with Crippen molar-refractivity contribution in [3.8, 4) is 0 Å². The smallest absolute Gasteiger partial charge is 0.124 e. The van der Waals surface area contributed by atoms with Gasteiger partial charge in [-0.15, -0.1) is 0 Å². The fraction of sp³-hybridized carbons (Fsp3) is 0.625. The summed E-state index contributed by atoms with van der Waals surface area (Å²) in [6, 6.07) is 1.94. The Kier molecular flexibility index (Phi) is 2.49. The van der Waals surface area contributed by atoms with E-state index in [1.165, 1.54) is 0 Å². The first-order chi connectivity index (χ1) is 4.88. The van der Waals surface area contributed by atoms with Crippen molar-refractivity contribution >= 4 is 0 Å². The third-order valence-electron chi connectivity index (χ3n) is 1.86. The largest absolute Gasteiger partial charge is 0.365 e. The molecule has 0 unspecified atom stereocenters. The van der Waals surface area contributed by atoms with Gasteiger partial charge in [0.2, 0.25) is 0 Å². The molecule has 0 aliphatic carbocycles. The molecule has 1 aromatic heterocycles. The van der Waals surface area contributed by atoms with E-state index in [-0.39, 0.29) is 0 Å². The van der Waals surface area contributed by atoms with Gasteiger partial charge in [-0.2, -0.15) is 0 Å². The van der Waals surface area contributed by atoms with E-state index in [0.717, 1.165) is 18.5 Å². The zero-order chi connectivity index (χ0) is 7.40. The zero-order valence-electron chi connectivity index (χ0n) is 6.50. The summed E-state index contributed by atoms with van der Waals surface area (Å²) in [6.07, 6.45) is 3.92. The topological polar surface area (TPSA) is 26.0 Å². The van der Waals surface area contributed by atoms with E-state index in [1.54, 1.807) is 6.26 Å². The monoisotopic (exact) mass is 139 g/mol. The first-order valence-electron chi connectivity index (χ1n) is 3.78. The minimum atomic E-state index is 0.582. The van der Waals surface area contributed by atoms with E-state index < -0.39 is 0 Å². The minimum Gasteiger partial charge on any atom is -0.365 e. The number of hydrogen-bond acceptors (Lipinski definition) is 2. The van der Waals surface area contributed by atoms with Crippen LogP contribution in [0.15, 0.2) is 16.9 Å². The number of rotatable bonds is 3. The maximum Gasteiger partial charge on any atom is 0.124 e. The highest BCUT2D eigenvalue weighted by atomic mass is 16.5. The molecule has 0 amide bonds. The summed E-state index contributed by atoms with van der Waals surface area (Å²) in [5, 5.41) is 3.88. The second-order valence-corrected chi connectivity index (χ2v) is 2.44. The van der Waals surface area contributed by atoms with Crippen molar-refractivity contribution < 1.29 is 4.52 Å². The lowest BCUT2D eigenvalue weighted by atomic mass is 10.0. The first kappa shape index (κ1) is 7.32. The van der Waals surface area contributed by atoms with E-state index in [2.05, 4.69) is 19.0 Å². The standard InChI is InChI=1S/C8H13NO/c1-3-7(4-2)8-5-6-10-9-8/h5-7H,3-4H2,1-2H3. The van der Waals surface area contributed by atoms with Crippen LogP contribution in [0.2, 0.25) is 0 Å². The summed E-state index contributed by atoms with van der Waals surface area (Å²) in [6.45, 7) is 4.34. The molecular formula is C8H13NO. The zero-order valence-corrected chi connectivity index (χ0v) is 6.50. The lowest BCUT2D eigenvalue weighted by Gasteiger charge is -2.05. The Hall–Kier alpha value is -0.790. The summed E-state index contributed by atoms with van der Waals surface area (Å²) >= 11 is 0. The van der Waals surface area contributed by atoms with Gasteiger partial charge in [0.05, 0.1) is 5.69 Å². The normalized spacial score (nSPS) is 10.7. The highest BCUT2D eigenvalue weighted by molar-refractivity contribution is 5.02. The van der Waals surface area contributed by atoms with Gasteiger partial charge in [-0.1, -0.05) is 19.0 Å². The Bertz CT molecular complexity index is 165. The molecule has 2 nitrogen and oxygen atoms in total. The van der Waals surface area contributed by atoms with Crippen molar-refractivity contribution in [3.63, 3.8) is 0 Å². The average Bonchev–Trinajstić information content (AvgIpc) is 2.43. The highest BCUT2D eigenvalue weighted by Crippen LogP contribution is 2.20. The van der Waals surface area contributed by atoms with Crippen LogP contribution in [0.1, 0.15) is 38.3 Å². The number of hydrogen-bond donors (Lipinski definition) is 0. The van der Waals surface area contributed by atoms with E-state index in [0.29, 0.717) is 5.92 Å². The van der Waals surface area contributed by atoms with E-state index in [4.69, 9.17) is 4.52 Å². The Morgan fingerprint density at radius 3 is 2.60 bits per heavy atom. The van der Waals surface area contributed by atoms with Crippen molar-refractivity contribution in [3.05, 3.63) is 18.0 Å². The molecule has 0 spiro atoms. The van der Waals surface area contributed by atoms with Crippen LogP contribution in [-0.2, 0) is 0 Å². The van der Waals surface area contributed by atoms with Gasteiger partial charge in [-0.05, 0) is 12.8 Å². The molecular weight excluding hydrogens is 126 g/mol. The fourth-order valence-electron chi connectivity index (χ4n) is 1.14. The number of aromatic nitrogens is 1. The minimum absolute atomic E-state index is 0.582. The van der Waals surface area contributed by atoms with Crippen LogP contribution in [0.5, 0.6) is 0 Å². The lowest BCUT2D eigenvalue weighted by molar-refractivity contribution is 0.402. The van der Waals surface area contributed by atoms with Gasteiger partial charge in [0.1, 0.15) is 6.26 Å². The molecule has 1 aromatic rings. The molecule has 0 N–H and O–H groups in total. The molecule has 0 atom stereocenters. The van der Waals surface area contributed by atoms with E-state index in [1.807, 2.05) is 6.07 Å². The molecule has 0 radical (unpaired) electrons. The Morgan fingerprint density at radius 1 is 1.50 bits per heavy atom. The highest BCUT2D eigenvalue weighted by Gasteiger charge is 2.08. The fourth-order valence-corrected chi connectivity index (χ4v) is 1.14. The summed E-state index contributed by atoms with van der Waals surface area (Å²) in [5.41, 5.74) is 1.09. The second-order valence-electron chi connectivity index (χ2n) is 2.44. The van der Waals surface area contributed by atoms with Gasteiger partial charge in [0, 0.05) is 12.0 Å². The molecule has 0 saturated heterocycles. The predicted molar refractivity (Wildman–Crippen MR) is 39.8 cm³/mol. The molecule has 0 saturated carbocycles. The van der Waals surface area contributed by atoms with Crippen molar-refractivity contribution in [1.82, 2.24) is 5.16 Å². The molecule has 0 bridgehead atoms. The van der Waals surface area contributed by atoms with Gasteiger partial charge >= 0.3 is 0 Å². The summed E-state index contributed by atoms with van der Waals surface area (Å²) in [7, 11) is 0. The van der Waals surface area contributed by atoms with Crippen molar-refractivity contribution in [2.45, 2.75) is 32.6 Å². The summed E-state index contributed by atoms with van der Waals surface area (Å²) < 4.78 is 4.75. The number of nitrogens with zero attached hydrogens (tertiary/aromatic N) is 1. The van der Waals surface area contributed by atoms with Crippen molar-refractivity contribution in [1.29, 1.82) is 0 Å². The van der Waals surface area contributed by atoms with Crippen LogP contribution >= 0.6 is 0 Å². The molecule has 2 heteroatoms. The van der Waals surface area contributed by atoms with E-state index in [9.17, 15) is 0 Å². The van der Waals surface area contributed by atoms with Crippen LogP contribution in [-0.4, -0.2) is 5.16 Å². The van der Waals surface area contributed by atoms with Gasteiger partial charge < -0.3 is 4.52 Å². The van der Waals surface area contributed by atoms with Crippen LogP contribution in [0.25, 0.3) is 0 Å². The maximum absolute atomic E-state index is 4.75. The molecule has 0 aromatic carbocycles. The maximum atomic E-state index is 4.75. The van der Waals surface area contributed by atoms with Gasteiger partial charge in [0.25, 0.3) is 0 Å². The van der Waals surface area contributed by atoms with Crippen LogP contribution in [0.3, 0.4) is 0 Å². The third kappa shape index (κ3) is 1.38.